The van der Waals surface area contributed by atoms with Gasteiger partial charge in [-0.05, 0) is 42.7 Å². The van der Waals surface area contributed by atoms with Crippen molar-refractivity contribution < 1.29 is 19.0 Å². The van der Waals surface area contributed by atoms with E-state index < -0.39 is 0 Å². The molecule has 2 aromatic carbocycles. The molecule has 0 fully saturated rings. The van der Waals surface area contributed by atoms with Gasteiger partial charge in [0, 0.05) is 13.0 Å². The summed E-state index contributed by atoms with van der Waals surface area (Å²) in [7, 11) is 0. The van der Waals surface area contributed by atoms with E-state index in [1.807, 2.05) is 38.1 Å². The monoisotopic (exact) mass is 375 g/mol. The van der Waals surface area contributed by atoms with E-state index >= 15 is 0 Å². The third kappa shape index (κ3) is 4.41. The van der Waals surface area contributed by atoms with Crippen molar-refractivity contribution in [2.75, 3.05) is 19.8 Å². The molecule has 0 saturated heterocycles. The highest BCUT2D eigenvalue weighted by Crippen LogP contribution is 2.37. The third-order valence-corrected chi connectivity index (χ3v) is 4.39. The molecule has 0 aliphatic carbocycles. The van der Waals surface area contributed by atoms with Gasteiger partial charge in [-0.15, -0.1) is 0 Å². The zero-order chi connectivity index (χ0) is 18.5. The Morgan fingerprint density at radius 1 is 1.19 bits per heavy atom. The molecule has 5 nitrogen and oxygen atoms in total. The fourth-order valence-corrected chi connectivity index (χ4v) is 3.09. The Kier molecular flexibility index (Phi) is 5.89. The maximum Gasteiger partial charge on any atom is 0.258 e. The summed E-state index contributed by atoms with van der Waals surface area (Å²) < 4.78 is 16.9. The fraction of sp³-hybridized carbons (Fsp3) is 0.350. The highest BCUT2D eigenvalue weighted by atomic mass is 35.5. The maximum atomic E-state index is 12.1. The van der Waals surface area contributed by atoms with Crippen molar-refractivity contribution in [1.29, 1.82) is 0 Å². The normalized spacial score (nSPS) is 13.0. The van der Waals surface area contributed by atoms with Crippen LogP contribution in [-0.2, 0) is 11.3 Å². The van der Waals surface area contributed by atoms with Gasteiger partial charge in [-0.25, -0.2) is 0 Å². The lowest BCUT2D eigenvalue weighted by Crippen LogP contribution is -2.28. The number of ether oxygens (including phenoxy) is 3. The summed E-state index contributed by atoms with van der Waals surface area (Å²) in [4.78, 5) is 12.1. The van der Waals surface area contributed by atoms with E-state index in [1.165, 1.54) is 0 Å². The van der Waals surface area contributed by atoms with Crippen LogP contribution >= 0.6 is 11.6 Å². The number of fused-ring (bicyclic) bond motifs is 1. The second kappa shape index (κ2) is 8.32. The summed E-state index contributed by atoms with van der Waals surface area (Å²) in [6.45, 7) is 5.39. The number of para-hydroxylation sites is 1. The van der Waals surface area contributed by atoms with Crippen molar-refractivity contribution in [2.45, 2.75) is 26.8 Å². The molecule has 0 bridgehead atoms. The van der Waals surface area contributed by atoms with Gasteiger partial charge in [-0.2, -0.15) is 0 Å². The smallest absolute Gasteiger partial charge is 0.258 e. The molecule has 0 radical (unpaired) electrons. The molecule has 1 aliphatic rings. The average molecular weight is 376 g/mol. The highest BCUT2D eigenvalue weighted by Gasteiger charge is 2.16. The first-order valence-corrected chi connectivity index (χ1v) is 8.96. The predicted molar refractivity (Wildman–Crippen MR) is 100 cm³/mol. The number of nitrogens with one attached hydrogen (secondary N) is 1. The van der Waals surface area contributed by atoms with Gasteiger partial charge in [0.2, 0.25) is 0 Å². The van der Waals surface area contributed by atoms with Crippen LogP contribution in [0.4, 0.5) is 0 Å². The average Bonchev–Trinajstić information content (AvgIpc) is 2.85. The van der Waals surface area contributed by atoms with Crippen LogP contribution in [-0.4, -0.2) is 25.7 Å². The first-order chi connectivity index (χ1) is 12.5. The summed E-state index contributed by atoms with van der Waals surface area (Å²) >= 11 is 6.27. The second-order valence-corrected chi connectivity index (χ2v) is 6.65. The van der Waals surface area contributed by atoms with E-state index in [0.29, 0.717) is 36.3 Å². The van der Waals surface area contributed by atoms with Crippen molar-refractivity contribution in [3.05, 3.63) is 52.0 Å². The number of hydrogen-bond donors (Lipinski definition) is 1. The van der Waals surface area contributed by atoms with Gasteiger partial charge in [0.05, 0.1) is 18.2 Å². The summed E-state index contributed by atoms with van der Waals surface area (Å²) in [5.74, 6) is 1.74. The predicted octanol–water partition coefficient (Wildman–Crippen LogP) is 3.81. The second-order valence-electron chi connectivity index (χ2n) is 6.24. The van der Waals surface area contributed by atoms with Crippen molar-refractivity contribution in [1.82, 2.24) is 5.32 Å². The summed E-state index contributed by atoms with van der Waals surface area (Å²) in [5, 5.41) is 3.33. The van der Waals surface area contributed by atoms with Gasteiger partial charge in [0.1, 0.15) is 5.75 Å². The lowest BCUT2D eigenvalue weighted by atomic mass is 10.1. The first kappa shape index (κ1) is 18.4. The Balaban J connectivity index is 1.58. The van der Waals surface area contributed by atoms with Gasteiger partial charge in [0.15, 0.2) is 18.1 Å². The first-order valence-electron chi connectivity index (χ1n) is 8.58. The Labute approximate surface area is 158 Å². The van der Waals surface area contributed by atoms with Crippen LogP contribution in [0.5, 0.6) is 17.2 Å². The topological polar surface area (TPSA) is 56.8 Å². The molecule has 1 aliphatic heterocycles. The number of rotatable bonds is 5. The quantitative estimate of drug-likeness (QED) is 0.863. The Bertz CT molecular complexity index is 786. The summed E-state index contributed by atoms with van der Waals surface area (Å²) in [5.41, 5.74) is 2.86. The Hall–Kier alpha value is -2.40. The van der Waals surface area contributed by atoms with E-state index in [9.17, 15) is 4.79 Å². The molecule has 0 aromatic heterocycles. The van der Waals surface area contributed by atoms with Crippen LogP contribution in [0.1, 0.15) is 23.1 Å². The van der Waals surface area contributed by atoms with Crippen LogP contribution < -0.4 is 19.5 Å². The highest BCUT2D eigenvalue weighted by molar-refractivity contribution is 6.32. The molecule has 0 atom stereocenters. The number of amides is 1. The van der Waals surface area contributed by atoms with E-state index in [4.69, 9.17) is 25.8 Å². The van der Waals surface area contributed by atoms with Crippen molar-refractivity contribution in [3.63, 3.8) is 0 Å². The summed E-state index contributed by atoms with van der Waals surface area (Å²) in [6, 6.07) is 9.51. The third-order valence-electron chi connectivity index (χ3n) is 4.11. The fourth-order valence-electron chi connectivity index (χ4n) is 2.80. The zero-order valence-electron chi connectivity index (χ0n) is 14.9. The molecule has 1 heterocycles. The number of hydrogen-bond acceptors (Lipinski definition) is 4. The molecule has 2 aromatic rings. The molecule has 6 heteroatoms. The molecular weight excluding hydrogens is 354 g/mol. The molecule has 0 unspecified atom stereocenters. The van der Waals surface area contributed by atoms with Gasteiger partial charge < -0.3 is 19.5 Å². The minimum Gasteiger partial charge on any atom is -0.489 e. The zero-order valence-corrected chi connectivity index (χ0v) is 15.7. The van der Waals surface area contributed by atoms with Crippen molar-refractivity contribution >= 4 is 17.5 Å². The molecule has 1 amide bonds. The van der Waals surface area contributed by atoms with Gasteiger partial charge in [0.25, 0.3) is 5.91 Å². The number of carbonyl (C=O) groups is 1. The minimum absolute atomic E-state index is 0.0377. The van der Waals surface area contributed by atoms with Crippen LogP contribution in [0.15, 0.2) is 30.3 Å². The van der Waals surface area contributed by atoms with Crippen molar-refractivity contribution in [2.24, 2.45) is 0 Å². The van der Waals surface area contributed by atoms with Gasteiger partial charge in [-0.3, -0.25) is 4.79 Å². The molecule has 0 saturated carbocycles. The number of aryl methyl sites for hydroxylation is 2. The molecule has 3 rings (SSSR count). The number of halogens is 1. The largest absolute Gasteiger partial charge is 0.489 e. The number of carbonyl (C=O) groups excluding carboxylic acids is 1. The van der Waals surface area contributed by atoms with Crippen LogP contribution in [0.2, 0.25) is 5.02 Å². The molecular formula is C20H22ClNO4. The lowest BCUT2D eigenvalue weighted by molar-refractivity contribution is -0.123. The SMILES string of the molecule is Cc1cccc(C)c1OCC(=O)NCc1cc(Cl)c2c(c1)OCCCO2. The molecule has 138 valence electrons. The molecule has 0 spiro atoms. The standard InChI is InChI=1S/C20H22ClNO4/c1-13-5-3-6-14(2)19(13)26-12-18(23)22-11-15-9-16(21)20-17(10-15)24-7-4-8-25-20/h3,5-6,9-10H,4,7-8,11-12H2,1-2H3,(H,22,23). The van der Waals surface area contributed by atoms with Gasteiger partial charge >= 0.3 is 0 Å². The van der Waals surface area contributed by atoms with Crippen LogP contribution in [0.3, 0.4) is 0 Å². The Morgan fingerprint density at radius 3 is 2.69 bits per heavy atom. The van der Waals surface area contributed by atoms with E-state index in [-0.39, 0.29) is 12.5 Å². The van der Waals surface area contributed by atoms with E-state index in [1.54, 1.807) is 6.07 Å². The van der Waals surface area contributed by atoms with Crippen molar-refractivity contribution in [3.8, 4) is 17.2 Å². The van der Waals surface area contributed by atoms with Crippen LogP contribution in [0, 0.1) is 13.8 Å². The molecule has 26 heavy (non-hydrogen) atoms. The van der Waals surface area contributed by atoms with Gasteiger partial charge in [-0.1, -0.05) is 29.8 Å². The van der Waals surface area contributed by atoms with E-state index in [2.05, 4.69) is 5.32 Å². The van der Waals surface area contributed by atoms with E-state index in [0.717, 1.165) is 28.9 Å². The molecule has 1 N–H and O–H groups in total. The summed E-state index contributed by atoms with van der Waals surface area (Å²) in [6.07, 6.45) is 0.812. The lowest BCUT2D eigenvalue weighted by Gasteiger charge is -2.13. The minimum atomic E-state index is -0.198. The van der Waals surface area contributed by atoms with Crippen LogP contribution in [0.25, 0.3) is 0 Å². The number of benzene rings is 2. The maximum absolute atomic E-state index is 12.1. The Morgan fingerprint density at radius 2 is 1.92 bits per heavy atom.